The van der Waals surface area contributed by atoms with Crippen LogP contribution in [0.1, 0.15) is 42.8 Å². The van der Waals surface area contributed by atoms with E-state index in [-0.39, 0.29) is 20.7 Å². The van der Waals surface area contributed by atoms with Crippen molar-refractivity contribution in [2.24, 2.45) is 9.98 Å². The van der Waals surface area contributed by atoms with Crippen LogP contribution in [0.5, 0.6) is 0 Å². The first-order chi connectivity index (χ1) is 62.0. The Balaban J connectivity index is 0.000000115. The molecule has 0 bridgehead atoms. The number of nitrogens with one attached hydrogen (secondary N) is 4. The van der Waals surface area contributed by atoms with Gasteiger partial charge in [-0.3, -0.25) is 29.9 Å². The van der Waals surface area contributed by atoms with Crippen LogP contribution in [0.15, 0.2) is 440 Å². The van der Waals surface area contributed by atoms with Crippen molar-refractivity contribution in [3.05, 3.63) is 463 Å². The molecule has 16 nitrogen and oxygen atoms in total. The third-order valence-electron chi connectivity index (χ3n) is 19.8. The molecule has 1 atom stereocenters. The maximum Gasteiger partial charge on any atom is 0.228 e. The summed E-state index contributed by atoms with van der Waals surface area (Å²) in [5.41, 5.74) is 22.4. The smallest absolute Gasteiger partial charge is 0.228 e. The zero-order chi connectivity index (χ0) is 84.5. The maximum atomic E-state index is 6.06. The number of oxazole rings is 1. The molecule has 0 amide bonds. The summed E-state index contributed by atoms with van der Waals surface area (Å²) >= 11 is 3.68. The Bertz CT molecular complexity index is 5840. The average Bonchev–Trinajstić information content (AvgIpc) is 1.69. The molecule has 0 fully saturated rings. The van der Waals surface area contributed by atoms with Gasteiger partial charge in [0.1, 0.15) is 15.7 Å². The average molecular weight is 1730 g/mol. The Morgan fingerprint density at radius 2 is 0.664 bits per heavy atom. The number of rotatable bonds is 25. The van der Waals surface area contributed by atoms with E-state index in [0.29, 0.717) is 19.0 Å². The van der Waals surface area contributed by atoms with Crippen LogP contribution < -0.4 is 21.3 Å². The van der Waals surface area contributed by atoms with Gasteiger partial charge < -0.3 is 20.4 Å². The van der Waals surface area contributed by atoms with Crippen LogP contribution in [0, 0.1) is 0 Å². The predicted octanol–water partition coefficient (Wildman–Crippen LogP) is 24.8. The van der Waals surface area contributed by atoms with Crippen molar-refractivity contribution in [3.8, 4) is 87.8 Å². The molecule has 0 saturated carbocycles. The molecule has 10 heterocycles. The van der Waals surface area contributed by atoms with Crippen molar-refractivity contribution in [1.29, 1.82) is 0 Å². The first-order valence-corrected chi connectivity index (χ1v) is 44.5. The molecule has 19 heteroatoms. The Morgan fingerprint density at radius 1 is 0.288 bits per heavy atom. The Morgan fingerprint density at radius 3 is 1.13 bits per heavy atom. The first kappa shape index (κ1) is 83.5. The number of aliphatic imine (C=N–C) groups is 2. The standard InChI is InChI=1S/C22H18N2S.C21H18N4.C21H17N3O.C21H17N3S.C21H17N3Se/c1-3-8-17(9-4-1)13-14-20-21(18-10-5-2-6-11-18)24-22(25-20)19-12-7-15-23-16-19;1-3-8-16(9-4-1)20-19(15-23-18-11-5-2-6-12-18)24-21(25-20)17-10-7-13-22-14-17;3*1-3-8-16(9-4-1)20-19(15-23-18-11-5-2-6-12-18)25-21(24-20)17-10-7-13-22-14-17/h1-12,15-16H,13-14H2;1-14,21,23H,15H2;3*1-14,23H,15H2. The topological polar surface area (TPSA) is 202 Å². The number of thiazole rings is 2. The third kappa shape index (κ3) is 23.5. The van der Waals surface area contributed by atoms with Crippen LogP contribution in [0.3, 0.4) is 0 Å². The van der Waals surface area contributed by atoms with Gasteiger partial charge in [-0.25, -0.2) is 15.0 Å². The van der Waals surface area contributed by atoms with E-state index in [1.165, 1.54) is 30.9 Å². The van der Waals surface area contributed by atoms with Crippen molar-refractivity contribution in [3.63, 3.8) is 0 Å². The molecule has 125 heavy (non-hydrogen) atoms. The number of benzene rings is 10. The Kier molecular flexibility index (Phi) is 29.3. The van der Waals surface area contributed by atoms with Crippen LogP contribution in [-0.4, -0.2) is 77.3 Å². The molecule has 20 rings (SSSR count). The summed E-state index contributed by atoms with van der Waals surface area (Å²) in [6, 6.07) is 123. The number of nitrogens with zero attached hydrogens (tertiary/aromatic N) is 11. The minimum Gasteiger partial charge on any atom is -0.439 e. The molecular formula is C106H87N15OS2Se. The largest absolute Gasteiger partial charge is 0.439 e. The Hall–Kier alpha value is -15.1. The van der Waals surface area contributed by atoms with E-state index in [0.717, 1.165) is 148 Å². The number of hydrogen-bond acceptors (Lipinski definition) is 18. The minimum atomic E-state index is -0.225. The van der Waals surface area contributed by atoms with E-state index in [4.69, 9.17) is 34.3 Å². The number of anilines is 4. The molecule has 0 radical (unpaired) electrons. The molecule has 0 spiro atoms. The van der Waals surface area contributed by atoms with Crippen molar-refractivity contribution < 1.29 is 4.42 Å². The van der Waals surface area contributed by atoms with Gasteiger partial charge >= 0.3 is 153 Å². The molecule has 1 aliphatic heterocycles. The fraction of sp³-hybridized carbons (Fsp3) is 0.0660. The van der Waals surface area contributed by atoms with E-state index in [1.54, 1.807) is 59.9 Å². The molecule has 19 aromatic rings. The SMILES string of the molecule is c1ccc(CCc2sc(-c3cccnc3)nc2-c2ccccc2)cc1.c1ccc(NCC2=NC(c3cccnc3)N=C2c2ccccc2)cc1.c1ccc(NCc2[se]c(-c3cccnc3)nc2-c2ccccc2)cc1.c1ccc(NCc2oc(-c3cccnc3)nc2-c2ccccc2)cc1.c1ccc(NCc2sc(-c3cccnc3)nc2-c2ccccc2)cc1. The van der Waals surface area contributed by atoms with Gasteiger partial charge in [0.25, 0.3) is 0 Å². The summed E-state index contributed by atoms with van der Waals surface area (Å²) in [6.07, 6.45) is 19.9. The van der Waals surface area contributed by atoms with Gasteiger partial charge in [0, 0.05) is 110 Å². The van der Waals surface area contributed by atoms with E-state index in [2.05, 4.69) is 192 Å². The van der Waals surface area contributed by atoms with Gasteiger partial charge in [0.2, 0.25) is 5.89 Å². The van der Waals surface area contributed by atoms with E-state index in [9.17, 15) is 0 Å². The fourth-order valence-corrected chi connectivity index (χ4v) is 17.8. The number of para-hydroxylation sites is 4. The monoisotopic (exact) mass is 1730 g/mol. The van der Waals surface area contributed by atoms with E-state index in [1.807, 2.05) is 243 Å². The first-order valence-electron chi connectivity index (χ1n) is 41.1. The zero-order valence-electron chi connectivity index (χ0n) is 68.3. The fourth-order valence-electron chi connectivity index (χ4n) is 13.6. The van der Waals surface area contributed by atoms with Crippen molar-refractivity contribution in [2.75, 3.05) is 27.8 Å². The number of pyridine rings is 5. The van der Waals surface area contributed by atoms with E-state index < -0.39 is 0 Å². The molecule has 0 aliphatic carbocycles. The van der Waals surface area contributed by atoms with Crippen molar-refractivity contribution in [2.45, 2.75) is 38.6 Å². The molecule has 1 unspecified atom stereocenters. The molecule has 4 N–H and O–H groups in total. The van der Waals surface area contributed by atoms with Crippen LogP contribution in [-0.2, 0) is 32.5 Å². The van der Waals surface area contributed by atoms with Gasteiger partial charge in [0.05, 0.1) is 52.9 Å². The van der Waals surface area contributed by atoms with Gasteiger partial charge in [-0.05, 0) is 97.3 Å². The third-order valence-corrected chi connectivity index (χ3v) is 24.4. The van der Waals surface area contributed by atoms with Crippen molar-refractivity contribution >= 4 is 71.4 Å². The summed E-state index contributed by atoms with van der Waals surface area (Å²) in [6.45, 7) is 2.74. The van der Waals surface area contributed by atoms with Crippen LogP contribution in [0.25, 0.3) is 87.8 Å². The molecule has 9 aromatic heterocycles. The van der Waals surface area contributed by atoms with Gasteiger partial charge in [-0.2, -0.15) is 0 Å². The molecule has 0 saturated heterocycles. The maximum absolute atomic E-state index is 6.06. The molecule has 610 valence electrons. The number of hydrogen-bond donors (Lipinski definition) is 4. The van der Waals surface area contributed by atoms with E-state index >= 15 is 0 Å². The van der Waals surface area contributed by atoms with Crippen LogP contribution in [0.2, 0.25) is 0 Å². The summed E-state index contributed by atoms with van der Waals surface area (Å²) in [7, 11) is 0. The molecule has 1 aliphatic rings. The number of aryl methyl sites for hydroxylation is 2. The minimum absolute atomic E-state index is 0.190. The quantitative estimate of drug-likeness (QED) is 0.0394. The molecular weight excluding hydrogens is 1640 g/mol. The second-order valence-electron chi connectivity index (χ2n) is 28.5. The van der Waals surface area contributed by atoms with Crippen LogP contribution in [0.4, 0.5) is 22.7 Å². The van der Waals surface area contributed by atoms with Gasteiger partial charge in [0.15, 0.2) is 11.9 Å². The van der Waals surface area contributed by atoms with Crippen molar-refractivity contribution in [1.82, 2.24) is 44.9 Å². The summed E-state index contributed by atoms with van der Waals surface area (Å²) in [5, 5.41) is 15.9. The zero-order valence-corrected chi connectivity index (χ0v) is 71.6. The van der Waals surface area contributed by atoms with Gasteiger partial charge in [-0.15, -0.1) is 22.7 Å². The summed E-state index contributed by atoms with van der Waals surface area (Å²) in [4.78, 5) is 52.8. The Labute approximate surface area is 742 Å². The predicted molar refractivity (Wildman–Crippen MR) is 514 cm³/mol. The summed E-state index contributed by atoms with van der Waals surface area (Å²) < 4.78 is 8.57. The number of aromatic nitrogens is 9. The second kappa shape index (κ2) is 43.9. The van der Waals surface area contributed by atoms with Crippen LogP contribution >= 0.6 is 22.7 Å². The molecule has 10 aromatic carbocycles. The normalized spacial score (nSPS) is 11.7. The van der Waals surface area contributed by atoms with Gasteiger partial charge in [-0.1, -0.05) is 212 Å². The second-order valence-corrected chi connectivity index (χ2v) is 33.0. The summed E-state index contributed by atoms with van der Waals surface area (Å²) in [5.74, 6) is 1.38.